The molecule has 0 amide bonds. The van der Waals surface area contributed by atoms with E-state index in [0.717, 1.165) is 39.3 Å². The summed E-state index contributed by atoms with van der Waals surface area (Å²) >= 11 is 0. The highest BCUT2D eigenvalue weighted by Gasteiger charge is 2.17. The molecule has 10 heteroatoms. The second-order valence-corrected chi connectivity index (χ2v) is 7.57. The van der Waals surface area contributed by atoms with E-state index in [9.17, 15) is 8.78 Å². The lowest BCUT2D eigenvalue weighted by Crippen LogP contribution is -2.47. The van der Waals surface area contributed by atoms with Gasteiger partial charge in [0.2, 0.25) is 0 Å². The molecule has 1 aliphatic rings. The van der Waals surface area contributed by atoms with Crippen molar-refractivity contribution in [2.75, 3.05) is 60.0 Å². The van der Waals surface area contributed by atoms with E-state index in [1.807, 2.05) is 0 Å². The van der Waals surface area contributed by atoms with Gasteiger partial charge in [-0.25, -0.2) is 0 Å². The maximum absolute atomic E-state index is 12.9. The number of aliphatic imine (C=N–C) groups is 1. The molecule has 0 aromatic heterocycles. The van der Waals surface area contributed by atoms with Gasteiger partial charge in [-0.2, -0.15) is 8.78 Å². The molecule has 2 rings (SSSR count). The number of benzene rings is 1. The lowest BCUT2D eigenvalue weighted by molar-refractivity contribution is -0.0520. The normalized spacial score (nSPS) is 16.5. The van der Waals surface area contributed by atoms with Gasteiger partial charge in [-0.3, -0.25) is 4.99 Å². The fourth-order valence-electron chi connectivity index (χ4n) is 3.40. The molecule has 0 aliphatic carbocycles. The minimum absolute atomic E-state index is 0. The largest absolute Gasteiger partial charge is 0.490 e. The first-order valence-corrected chi connectivity index (χ1v) is 10.5. The molecule has 1 aromatic carbocycles. The minimum atomic E-state index is -2.92. The Bertz CT molecular complexity index is 673. The summed E-state index contributed by atoms with van der Waals surface area (Å²) in [5.74, 6) is 1.43. The zero-order valence-electron chi connectivity index (χ0n) is 18.9. The number of ether oxygens (including phenoxy) is 2. The number of alkyl halides is 2. The SMILES string of the molecule is CCOc1cccc(CNC(=NC)NCC(C)CN2CCN(C)CC2)c1OC(F)F.I. The molecule has 2 N–H and O–H groups in total. The Kier molecular flexibility index (Phi) is 13.0. The van der Waals surface area contributed by atoms with E-state index in [4.69, 9.17) is 9.47 Å². The zero-order chi connectivity index (χ0) is 21.9. The fraction of sp³-hybridized carbons (Fsp3) is 0.667. The number of hydrogen-bond donors (Lipinski definition) is 2. The first-order chi connectivity index (χ1) is 14.4. The van der Waals surface area contributed by atoms with Crippen LogP contribution in [0.3, 0.4) is 0 Å². The Morgan fingerprint density at radius 2 is 1.90 bits per heavy atom. The smallest absolute Gasteiger partial charge is 0.387 e. The Hall–Kier alpha value is -1.40. The average Bonchev–Trinajstić information content (AvgIpc) is 2.71. The number of guanidine groups is 1. The van der Waals surface area contributed by atoms with Crippen LogP contribution in [0.4, 0.5) is 8.78 Å². The van der Waals surface area contributed by atoms with Crippen LogP contribution in [0.2, 0.25) is 0 Å². The third-order valence-corrected chi connectivity index (χ3v) is 5.02. The number of likely N-dealkylation sites (N-methyl/N-ethyl adjacent to an activating group) is 1. The summed E-state index contributed by atoms with van der Waals surface area (Å²) in [7, 11) is 3.84. The standard InChI is InChI=1S/C21H35F2N5O2.HI/c1-5-29-18-8-6-7-17(19(18)30-20(22)23)14-26-21(24-3)25-13-16(2)15-28-11-9-27(4)10-12-28;/h6-8,16,20H,5,9-15H2,1-4H3,(H2,24,25,26);1H. The second kappa shape index (κ2) is 14.6. The van der Waals surface area contributed by atoms with Gasteiger partial charge >= 0.3 is 6.61 Å². The van der Waals surface area contributed by atoms with E-state index in [1.54, 1.807) is 32.2 Å². The summed E-state index contributed by atoms with van der Waals surface area (Å²) < 4.78 is 35.9. The van der Waals surface area contributed by atoms with Crippen LogP contribution in [-0.4, -0.2) is 82.3 Å². The average molecular weight is 555 g/mol. The van der Waals surface area contributed by atoms with E-state index in [-0.39, 0.29) is 36.3 Å². The Labute approximate surface area is 201 Å². The van der Waals surface area contributed by atoms with Crippen LogP contribution >= 0.6 is 24.0 Å². The van der Waals surface area contributed by atoms with E-state index in [2.05, 4.69) is 39.4 Å². The zero-order valence-corrected chi connectivity index (χ0v) is 21.2. The summed E-state index contributed by atoms with van der Waals surface area (Å²) in [6, 6.07) is 5.11. The summed E-state index contributed by atoms with van der Waals surface area (Å²) in [5, 5.41) is 6.49. The van der Waals surface area contributed by atoms with Gasteiger partial charge in [-0.05, 0) is 26.0 Å². The molecule has 0 spiro atoms. The number of nitrogens with zero attached hydrogens (tertiary/aromatic N) is 3. The molecule has 1 aliphatic heterocycles. The number of hydrogen-bond acceptors (Lipinski definition) is 5. The van der Waals surface area contributed by atoms with Gasteiger partial charge in [0.25, 0.3) is 0 Å². The van der Waals surface area contributed by atoms with E-state index >= 15 is 0 Å². The van der Waals surface area contributed by atoms with Gasteiger partial charge < -0.3 is 29.9 Å². The highest BCUT2D eigenvalue weighted by atomic mass is 127. The molecular formula is C21H36F2IN5O2. The number of piperazine rings is 1. The van der Waals surface area contributed by atoms with Crippen LogP contribution in [-0.2, 0) is 6.54 Å². The van der Waals surface area contributed by atoms with Gasteiger partial charge in [0.1, 0.15) is 0 Å². The third kappa shape index (κ3) is 9.73. The van der Waals surface area contributed by atoms with Gasteiger partial charge in [-0.15, -0.1) is 24.0 Å². The fourth-order valence-corrected chi connectivity index (χ4v) is 3.40. The Balaban J connectivity index is 0.00000480. The molecule has 0 saturated carbocycles. The molecule has 1 aromatic rings. The van der Waals surface area contributed by atoms with Crippen LogP contribution < -0.4 is 20.1 Å². The number of halogens is 3. The van der Waals surface area contributed by atoms with Crippen molar-refractivity contribution in [3.8, 4) is 11.5 Å². The Morgan fingerprint density at radius 1 is 1.19 bits per heavy atom. The van der Waals surface area contributed by atoms with Crippen molar-refractivity contribution in [3.63, 3.8) is 0 Å². The van der Waals surface area contributed by atoms with Gasteiger partial charge in [-0.1, -0.05) is 19.1 Å². The summed E-state index contributed by atoms with van der Waals surface area (Å²) in [6.45, 7) is 7.93. The van der Waals surface area contributed by atoms with Crippen molar-refractivity contribution >= 4 is 29.9 Å². The molecule has 0 bridgehead atoms. The molecule has 0 radical (unpaired) electrons. The minimum Gasteiger partial charge on any atom is -0.490 e. The van der Waals surface area contributed by atoms with Crippen LogP contribution in [0.15, 0.2) is 23.2 Å². The summed E-state index contributed by atoms with van der Waals surface area (Å²) in [6.07, 6.45) is 0. The van der Waals surface area contributed by atoms with Crippen LogP contribution in [0, 0.1) is 5.92 Å². The first-order valence-electron chi connectivity index (χ1n) is 10.5. The monoisotopic (exact) mass is 555 g/mol. The molecule has 178 valence electrons. The molecule has 31 heavy (non-hydrogen) atoms. The molecule has 1 unspecified atom stereocenters. The molecule has 1 fully saturated rings. The predicted molar refractivity (Wildman–Crippen MR) is 131 cm³/mol. The molecule has 1 atom stereocenters. The van der Waals surface area contributed by atoms with Crippen molar-refractivity contribution in [2.45, 2.75) is 27.0 Å². The van der Waals surface area contributed by atoms with Crippen LogP contribution in [0.25, 0.3) is 0 Å². The van der Waals surface area contributed by atoms with Crippen molar-refractivity contribution in [1.29, 1.82) is 0 Å². The quantitative estimate of drug-likeness (QED) is 0.263. The highest BCUT2D eigenvalue weighted by molar-refractivity contribution is 14.0. The number of rotatable bonds is 10. The van der Waals surface area contributed by atoms with E-state index < -0.39 is 6.61 Å². The number of para-hydroxylation sites is 1. The van der Waals surface area contributed by atoms with Crippen molar-refractivity contribution in [1.82, 2.24) is 20.4 Å². The summed E-state index contributed by atoms with van der Waals surface area (Å²) in [5.41, 5.74) is 0.578. The number of nitrogens with one attached hydrogen (secondary N) is 2. The van der Waals surface area contributed by atoms with Gasteiger partial charge in [0.15, 0.2) is 17.5 Å². The second-order valence-electron chi connectivity index (χ2n) is 7.57. The van der Waals surface area contributed by atoms with E-state index in [1.165, 1.54) is 0 Å². The maximum Gasteiger partial charge on any atom is 0.387 e. The summed E-state index contributed by atoms with van der Waals surface area (Å²) in [4.78, 5) is 9.06. The van der Waals surface area contributed by atoms with Crippen molar-refractivity contribution < 1.29 is 18.3 Å². The van der Waals surface area contributed by atoms with Crippen molar-refractivity contribution in [2.24, 2.45) is 10.9 Å². The van der Waals surface area contributed by atoms with Crippen LogP contribution in [0.5, 0.6) is 11.5 Å². The van der Waals surface area contributed by atoms with Crippen molar-refractivity contribution in [3.05, 3.63) is 23.8 Å². The third-order valence-electron chi connectivity index (χ3n) is 5.02. The van der Waals surface area contributed by atoms with Gasteiger partial charge in [0.05, 0.1) is 6.61 Å². The predicted octanol–water partition coefficient (Wildman–Crippen LogP) is 2.85. The van der Waals surface area contributed by atoms with E-state index in [0.29, 0.717) is 29.8 Å². The topological polar surface area (TPSA) is 61.4 Å². The molecule has 1 heterocycles. The van der Waals surface area contributed by atoms with Gasteiger partial charge in [0, 0.05) is 58.4 Å². The first kappa shape index (κ1) is 27.6. The maximum atomic E-state index is 12.9. The molecule has 7 nitrogen and oxygen atoms in total. The lowest BCUT2D eigenvalue weighted by atomic mass is 10.1. The Morgan fingerprint density at radius 3 is 2.52 bits per heavy atom. The lowest BCUT2D eigenvalue weighted by Gasteiger charge is -2.34. The highest BCUT2D eigenvalue weighted by Crippen LogP contribution is 2.32. The van der Waals surface area contributed by atoms with Crippen LogP contribution in [0.1, 0.15) is 19.4 Å². The molecular weight excluding hydrogens is 519 g/mol. The molecule has 1 saturated heterocycles.